The molecule has 0 amide bonds. The Bertz CT molecular complexity index is 91.1. The zero-order valence-electron chi connectivity index (χ0n) is 9.39. The average Bonchev–Trinajstić information content (AvgIpc) is 2.16. The molecule has 0 aliphatic rings. The van der Waals surface area contributed by atoms with Crippen LogP contribution in [0.25, 0.3) is 0 Å². The topological polar surface area (TPSA) is 0 Å². The van der Waals surface area contributed by atoms with Gasteiger partial charge in [0.15, 0.2) is 0 Å². The second-order valence-electron chi connectivity index (χ2n) is 4.20. The molecule has 0 nitrogen and oxygen atoms in total. The van der Waals surface area contributed by atoms with Gasteiger partial charge in [-0.25, -0.2) is 0 Å². The lowest BCUT2D eigenvalue weighted by molar-refractivity contribution is 0.516. The van der Waals surface area contributed by atoms with Crippen molar-refractivity contribution in [3.63, 3.8) is 0 Å². The van der Waals surface area contributed by atoms with Gasteiger partial charge in [0.05, 0.1) is 0 Å². The molecule has 0 N–H and O–H groups in total. The lowest BCUT2D eigenvalue weighted by atomic mass is 10.0. The minimum Gasteiger partial charge on any atom is -0.179 e. The number of rotatable bonds is 9. The van der Waals surface area contributed by atoms with Crippen LogP contribution in [0.3, 0.4) is 0 Å². The highest BCUT2D eigenvalue weighted by molar-refractivity contribution is 7.80. The van der Waals surface area contributed by atoms with Gasteiger partial charge < -0.3 is 0 Å². The maximum absolute atomic E-state index is 4.29. The fourth-order valence-corrected chi connectivity index (χ4v) is 1.72. The van der Waals surface area contributed by atoms with Crippen LogP contribution in [0.2, 0.25) is 0 Å². The highest BCUT2D eigenvalue weighted by Crippen LogP contribution is 2.13. The summed E-state index contributed by atoms with van der Waals surface area (Å²) in [6, 6.07) is 0. The first-order valence-corrected chi connectivity index (χ1v) is 6.55. The maximum Gasteiger partial charge on any atom is -0.00721 e. The predicted octanol–water partition coefficient (Wildman–Crippen LogP) is 4.69. The van der Waals surface area contributed by atoms with Crippen molar-refractivity contribution in [3.8, 4) is 0 Å². The number of hydrogen-bond donors (Lipinski definition) is 1. The summed E-state index contributed by atoms with van der Waals surface area (Å²) < 4.78 is 0. The summed E-state index contributed by atoms with van der Waals surface area (Å²) in [7, 11) is 0. The van der Waals surface area contributed by atoms with Crippen LogP contribution in [0.5, 0.6) is 0 Å². The van der Waals surface area contributed by atoms with Crippen molar-refractivity contribution in [3.05, 3.63) is 0 Å². The minimum atomic E-state index is 0.818. The van der Waals surface area contributed by atoms with Crippen LogP contribution in [-0.2, 0) is 0 Å². The van der Waals surface area contributed by atoms with Crippen molar-refractivity contribution in [2.24, 2.45) is 5.92 Å². The molecule has 0 radical (unpaired) electrons. The van der Waals surface area contributed by atoms with Gasteiger partial charge in [-0.05, 0) is 18.1 Å². The van der Waals surface area contributed by atoms with Crippen molar-refractivity contribution in [1.82, 2.24) is 0 Å². The summed E-state index contributed by atoms with van der Waals surface area (Å²) in [5.74, 6) is 1.87. The smallest absolute Gasteiger partial charge is 0.00721 e. The van der Waals surface area contributed by atoms with E-state index in [0.717, 1.165) is 11.7 Å². The third kappa shape index (κ3) is 10.3. The maximum atomic E-state index is 4.29. The molecule has 1 heteroatoms. The first-order valence-electron chi connectivity index (χ1n) is 5.92. The summed E-state index contributed by atoms with van der Waals surface area (Å²) in [5.41, 5.74) is 0. The molecule has 1 unspecified atom stereocenters. The fraction of sp³-hybridized carbons (Fsp3) is 1.00. The summed E-state index contributed by atoms with van der Waals surface area (Å²) >= 11 is 4.29. The Morgan fingerprint density at radius 1 is 0.923 bits per heavy atom. The van der Waals surface area contributed by atoms with E-state index >= 15 is 0 Å². The monoisotopic (exact) mass is 202 g/mol. The quantitative estimate of drug-likeness (QED) is 0.407. The molecule has 0 rings (SSSR count). The van der Waals surface area contributed by atoms with Crippen molar-refractivity contribution < 1.29 is 0 Å². The Labute approximate surface area is 89.9 Å². The molecule has 0 saturated carbocycles. The van der Waals surface area contributed by atoms with Gasteiger partial charge in [0, 0.05) is 0 Å². The lowest BCUT2D eigenvalue weighted by Gasteiger charge is -2.06. The van der Waals surface area contributed by atoms with Crippen molar-refractivity contribution in [1.29, 1.82) is 0 Å². The zero-order chi connectivity index (χ0) is 9.94. The van der Waals surface area contributed by atoms with Gasteiger partial charge in [-0.15, -0.1) is 0 Å². The molecular weight excluding hydrogens is 176 g/mol. The van der Waals surface area contributed by atoms with E-state index in [0.29, 0.717) is 0 Å². The Morgan fingerprint density at radius 3 is 2.00 bits per heavy atom. The molecular formula is C12H26S. The Kier molecular flexibility index (Phi) is 10.7. The van der Waals surface area contributed by atoms with Crippen molar-refractivity contribution in [2.75, 3.05) is 5.75 Å². The molecule has 0 heterocycles. The third-order valence-corrected chi connectivity index (χ3v) is 3.24. The number of thiol groups is 1. The zero-order valence-corrected chi connectivity index (χ0v) is 10.3. The molecule has 0 aromatic rings. The Balaban J connectivity index is 2.91. The van der Waals surface area contributed by atoms with Gasteiger partial charge in [0.1, 0.15) is 0 Å². The SMILES string of the molecule is CCCCCCCCCC(C)CS. The summed E-state index contributed by atoms with van der Waals surface area (Å²) in [6.45, 7) is 4.57. The molecule has 80 valence electrons. The van der Waals surface area contributed by atoms with Crippen molar-refractivity contribution >= 4 is 12.6 Å². The van der Waals surface area contributed by atoms with Crippen LogP contribution < -0.4 is 0 Å². The first-order chi connectivity index (χ1) is 6.31. The van der Waals surface area contributed by atoms with E-state index in [1.54, 1.807) is 0 Å². The normalized spacial score (nSPS) is 13.2. The van der Waals surface area contributed by atoms with E-state index in [1.165, 1.54) is 51.4 Å². The summed E-state index contributed by atoms with van der Waals surface area (Å²) in [6.07, 6.45) is 11.3. The minimum absolute atomic E-state index is 0.818. The highest BCUT2D eigenvalue weighted by atomic mass is 32.1. The van der Waals surface area contributed by atoms with Gasteiger partial charge in [0.2, 0.25) is 0 Å². The van der Waals surface area contributed by atoms with Crippen LogP contribution in [0.1, 0.15) is 65.2 Å². The van der Waals surface area contributed by atoms with E-state index in [2.05, 4.69) is 26.5 Å². The summed E-state index contributed by atoms with van der Waals surface area (Å²) in [4.78, 5) is 0. The van der Waals surface area contributed by atoms with E-state index in [9.17, 15) is 0 Å². The van der Waals surface area contributed by atoms with Crippen LogP contribution >= 0.6 is 12.6 Å². The van der Waals surface area contributed by atoms with Crippen LogP contribution in [0.15, 0.2) is 0 Å². The second-order valence-corrected chi connectivity index (χ2v) is 4.56. The van der Waals surface area contributed by atoms with Crippen LogP contribution in [-0.4, -0.2) is 5.75 Å². The Hall–Kier alpha value is 0.350. The third-order valence-electron chi connectivity index (χ3n) is 2.61. The molecule has 0 aliphatic carbocycles. The lowest BCUT2D eigenvalue weighted by Crippen LogP contribution is -1.95. The standard InChI is InChI=1S/C12H26S/c1-3-4-5-6-7-8-9-10-12(2)11-13/h12-13H,3-11H2,1-2H3. The molecule has 0 aromatic heterocycles. The molecule has 0 spiro atoms. The van der Waals surface area contributed by atoms with Gasteiger partial charge in [-0.1, -0.05) is 58.8 Å². The molecule has 0 bridgehead atoms. The molecule has 0 aliphatic heterocycles. The molecule has 0 aromatic carbocycles. The highest BCUT2D eigenvalue weighted by Gasteiger charge is 1.98. The van der Waals surface area contributed by atoms with Crippen molar-refractivity contribution in [2.45, 2.75) is 65.2 Å². The average molecular weight is 202 g/mol. The molecule has 0 fully saturated rings. The van der Waals surface area contributed by atoms with Gasteiger partial charge in [-0.3, -0.25) is 0 Å². The van der Waals surface area contributed by atoms with E-state index < -0.39 is 0 Å². The van der Waals surface area contributed by atoms with Crippen LogP contribution in [0, 0.1) is 5.92 Å². The van der Waals surface area contributed by atoms with E-state index in [4.69, 9.17) is 0 Å². The Morgan fingerprint density at radius 2 is 1.46 bits per heavy atom. The molecule has 1 atom stereocenters. The van der Waals surface area contributed by atoms with E-state index in [-0.39, 0.29) is 0 Å². The molecule has 0 saturated heterocycles. The number of hydrogen-bond acceptors (Lipinski definition) is 1. The second kappa shape index (κ2) is 10.4. The first kappa shape index (κ1) is 13.4. The van der Waals surface area contributed by atoms with Crippen LogP contribution in [0.4, 0.5) is 0 Å². The van der Waals surface area contributed by atoms with E-state index in [1.807, 2.05) is 0 Å². The summed E-state index contributed by atoms with van der Waals surface area (Å²) in [5, 5.41) is 0. The fourth-order valence-electron chi connectivity index (χ4n) is 1.54. The van der Waals surface area contributed by atoms with Gasteiger partial charge in [0.25, 0.3) is 0 Å². The number of unbranched alkanes of at least 4 members (excludes halogenated alkanes) is 6. The van der Waals surface area contributed by atoms with Gasteiger partial charge >= 0.3 is 0 Å². The largest absolute Gasteiger partial charge is 0.179 e. The molecule has 13 heavy (non-hydrogen) atoms. The predicted molar refractivity (Wildman–Crippen MR) is 65.6 cm³/mol. The van der Waals surface area contributed by atoms with Gasteiger partial charge in [-0.2, -0.15) is 12.6 Å².